The van der Waals surface area contributed by atoms with Crippen LogP contribution in [0, 0.1) is 0 Å². The number of nitrogens with one attached hydrogen (secondary N) is 1. The van der Waals surface area contributed by atoms with Crippen LogP contribution in [0.15, 0.2) is 60.2 Å². The van der Waals surface area contributed by atoms with Gasteiger partial charge >= 0.3 is 0 Å². The lowest BCUT2D eigenvalue weighted by Gasteiger charge is -2.35. The smallest absolute Gasteiger partial charge is 0.247 e. The Bertz CT molecular complexity index is 814. The Labute approximate surface area is 173 Å². The molecule has 0 aliphatic carbocycles. The van der Waals surface area contributed by atoms with Crippen molar-refractivity contribution in [2.45, 2.75) is 19.4 Å². The van der Waals surface area contributed by atoms with E-state index in [9.17, 15) is 4.79 Å². The quantitative estimate of drug-likeness (QED) is 0.694. The van der Waals surface area contributed by atoms with Crippen molar-refractivity contribution in [2.24, 2.45) is 0 Å². The average Bonchev–Trinajstić information content (AvgIpc) is 2.79. The number of nitrogens with zero attached hydrogens (tertiary/aromatic N) is 1. The van der Waals surface area contributed by atoms with E-state index in [0.717, 1.165) is 35.5 Å². The van der Waals surface area contributed by atoms with Gasteiger partial charge in [-0.3, -0.25) is 9.69 Å². The second kappa shape index (κ2) is 10.8. The van der Waals surface area contributed by atoms with Gasteiger partial charge in [-0.15, -0.1) is 0 Å². The van der Waals surface area contributed by atoms with Crippen molar-refractivity contribution >= 4 is 12.0 Å². The summed E-state index contributed by atoms with van der Waals surface area (Å²) < 4.78 is 11.1. The van der Waals surface area contributed by atoms with Crippen molar-refractivity contribution < 1.29 is 14.3 Å². The first-order valence-corrected chi connectivity index (χ1v) is 10.2. The Kier molecular flexibility index (Phi) is 7.85. The molecule has 1 unspecified atom stereocenters. The molecule has 2 aromatic carbocycles. The lowest BCUT2D eigenvalue weighted by atomic mass is 10.0. The Morgan fingerprint density at radius 2 is 1.83 bits per heavy atom. The molecule has 1 aliphatic heterocycles. The molecular formula is C24H30N2O3. The number of rotatable bonds is 8. The lowest BCUT2D eigenvalue weighted by molar-refractivity contribution is -0.117. The molecule has 0 saturated carbocycles. The van der Waals surface area contributed by atoms with E-state index < -0.39 is 0 Å². The number of carbonyl (C=O) groups is 1. The van der Waals surface area contributed by atoms with E-state index in [-0.39, 0.29) is 11.9 Å². The third-order valence-electron chi connectivity index (χ3n) is 5.25. The summed E-state index contributed by atoms with van der Waals surface area (Å²) in [5.74, 6) is 0.818. The molecule has 1 atom stereocenters. The molecule has 1 saturated heterocycles. The van der Waals surface area contributed by atoms with Gasteiger partial charge < -0.3 is 14.8 Å². The summed E-state index contributed by atoms with van der Waals surface area (Å²) in [5.41, 5.74) is 2.90. The predicted molar refractivity (Wildman–Crippen MR) is 116 cm³/mol. The molecule has 0 bridgehead atoms. The molecule has 2 aromatic rings. The zero-order chi connectivity index (χ0) is 20.5. The first-order chi connectivity index (χ1) is 14.2. The monoisotopic (exact) mass is 394 g/mol. The van der Waals surface area contributed by atoms with Gasteiger partial charge in [-0.2, -0.15) is 0 Å². The van der Waals surface area contributed by atoms with E-state index >= 15 is 0 Å². The number of para-hydroxylation sites is 1. The first kappa shape index (κ1) is 21.1. The highest BCUT2D eigenvalue weighted by Crippen LogP contribution is 2.29. The summed E-state index contributed by atoms with van der Waals surface area (Å²) in [6, 6.07) is 18.0. The number of ether oxygens (including phenoxy) is 2. The summed E-state index contributed by atoms with van der Waals surface area (Å²) in [6.07, 6.45) is 2.64. The number of methoxy groups -OCH3 is 1. The Hall–Kier alpha value is -2.63. The second-order valence-electron chi connectivity index (χ2n) is 7.05. The van der Waals surface area contributed by atoms with Gasteiger partial charge in [0.2, 0.25) is 5.91 Å². The maximum atomic E-state index is 12.9. The normalized spacial score (nSPS) is 16.3. The number of hydrogen-bond donors (Lipinski definition) is 1. The molecule has 0 spiro atoms. The predicted octanol–water partition coefficient (Wildman–Crippen LogP) is 3.68. The SMILES string of the molecule is CC/C(=C\c1ccccc1)C(=O)NCC(c1ccccc1OC)N1CCOCC1. The highest BCUT2D eigenvalue weighted by atomic mass is 16.5. The van der Waals surface area contributed by atoms with E-state index in [1.54, 1.807) is 7.11 Å². The molecular weight excluding hydrogens is 364 g/mol. The van der Waals surface area contributed by atoms with Crippen LogP contribution in [-0.4, -0.2) is 50.8 Å². The van der Waals surface area contributed by atoms with Crippen molar-refractivity contribution in [3.63, 3.8) is 0 Å². The minimum absolute atomic E-state index is 0.0236. The van der Waals surface area contributed by atoms with Crippen LogP contribution in [0.3, 0.4) is 0 Å². The van der Waals surface area contributed by atoms with Gasteiger partial charge in [0.1, 0.15) is 5.75 Å². The van der Waals surface area contributed by atoms with Crippen molar-refractivity contribution in [1.29, 1.82) is 0 Å². The first-order valence-electron chi connectivity index (χ1n) is 10.2. The number of hydrogen-bond acceptors (Lipinski definition) is 4. The van der Waals surface area contributed by atoms with Crippen LogP contribution in [0.2, 0.25) is 0 Å². The number of benzene rings is 2. The molecule has 1 heterocycles. The van der Waals surface area contributed by atoms with E-state index in [0.29, 0.717) is 26.2 Å². The molecule has 1 fully saturated rings. The van der Waals surface area contributed by atoms with Crippen LogP contribution >= 0.6 is 0 Å². The van der Waals surface area contributed by atoms with Crippen molar-refractivity contribution in [1.82, 2.24) is 10.2 Å². The summed E-state index contributed by atoms with van der Waals surface area (Å²) in [5, 5.41) is 3.16. The lowest BCUT2D eigenvalue weighted by Crippen LogP contribution is -2.44. The Morgan fingerprint density at radius 3 is 2.52 bits per heavy atom. The molecule has 5 heteroatoms. The fourth-order valence-electron chi connectivity index (χ4n) is 3.65. The van der Waals surface area contributed by atoms with Crippen LogP contribution in [0.4, 0.5) is 0 Å². The van der Waals surface area contributed by atoms with Crippen LogP contribution in [-0.2, 0) is 9.53 Å². The second-order valence-corrected chi connectivity index (χ2v) is 7.05. The van der Waals surface area contributed by atoms with Crippen molar-refractivity contribution in [3.8, 4) is 5.75 Å². The zero-order valence-electron chi connectivity index (χ0n) is 17.3. The van der Waals surface area contributed by atoms with Crippen LogP contribution in [0.5, 0.6) is 5.75 Å². The number of carbonyl (C=O) groups excluding carboxylic acids is 1. The minimum Gasteiger partial charge on any atom is -0.496 e. The highest BCUT2D eigenvalue weighted by molar-refractivity contribution is 5.97. The third kappa shape index (κ3) is 5.68. The molecule has 29 heavy (non-hydrogen) atoms. The minimum atomic E-state index is -0.0236. The van der Waals surface area contributed by atoms with E-state index in [1.165, 1.54) is 0 Å². The molecule has 0 radical (unpaired) electrons. The largest absolute Gasteiger partial charge is 0.496 e. The maximum absolute atomic E-state index is 12.9. The summed E-state index contributed by atoms with van der Waals surface area (Å²) in [4.78, 5) is 15.3. The molecule has 154 valence electrons. The fourth-order valence-corrected chi connectivity index (χ4v) is 3.65. The topological polar surface area (TPSA) is 50.8 Å². The molecule has 3 rings (SSSR count). The van der Waals surface area contributed by atoms with Gasteiger partial charge in [-0.1, -0.05) is 55.5 Å². The summed E-state index contributed by atoms with van der Waals surface area (Å²) >= 11 is 0. The zero-order valence-corrected chi connectivity index (χ0v) is 17.3. The van der Waals surface area contributed by atoms with Gasteiger partial charge in [0.25, 0.3) is 0 Å². The van der Waals surface area contributed by atoms with Gasteiger partial charge in [-0.05, 0) is 24.1 Å². The van der Waals surface area contributed by atoms with Crippen molar-refractivity contribution in [2.75, 3.05) is 40.0 Å². The van der Waals surface area contributed by atoms with Gasteiger partial charge in [0.05, 0.1) is 26.4 Å². The summed E-state index contributed by atoms with van der Waals surface area (Å²) in [6.45, 7) is 5.60. The highest BCUT2D eigenvalue weighted by Gasteiger charge is 2.25. The number of morpholine rings is 1. The third-order valence-corrected chi connectivity index (χ3v) is 5.25. The standard InChI is InChI=1S/C24H30N2O3/c1-3-20(17-19-9-5-4-6-10-19)24(27)25-18-22(26-13-15-29-16-14-26)21-11-7-8-12-23(21)28-2/h4-12,17,22H,3,13-16,18H2,1-2H3,(H,25,27)/b20-17+. The molecule has 0 aromatic heterocycles. The van der Waals surface area contributed by atoms with Gasteiger partial charge in [0.15, 0.2) is 0 Å². The molecule has 1 aliphatic rings. The average molecular weight is 395 g/mol. The Morgan fingerprint density at radius 1 is 1.14 bits per heavy atom. The fraction of sp³-hybridized carbons (Fsp3) is 0.375. The van der Waals surface area contributed by atoms with Crippen molar-refractivity contribution in [3.05, 3.63) is 71.3 Å². The molecule has 5 nitrogen and oxygen atoms in total. The van der Waals surface area contributed by atoms with Gasteiger partial charge in [0, 0.05) is 30.8 Å². The Balaban J connectivity index is 1.77. The number of amides is 1. The van der Waals surface area contributed by atoms with Crippen LogP contribution < -0.4 is 10.1 Å². The van der Waals surface area contributed by atoms with Crippen LogP contribution in [0.1, 0.15) is 30.5 Å². The van der Waals surface area contributed by atoms with Gasteiger partial charge in [-0.25, -0.2) is 0 Å². The van der Waals surface area contributed by atoms with E-state index in [1.807, 2.05) is 61.5 Å². The van der Waals surface area contributed by atoms with Crippen LogP contribution in [0.25, 0.3) is 6.08 Å². The maximum Gasteiger partial charge on any atom is 0.247 e. The molecule has 1 amide bonds. The molecule has 1 N–H and O–H groups in total. The summed E-state index contributed by atoms with van der Waals surface area (Å²) in [7, 11) is 1.69. The van der Waals surface area contributed by atoms with E-state index in [2.05, 4.69) is 16.3 Å². The van der Waals surface area contributed by atoms with E-state index in [4.69, 9.17) is 9.47 Å².